The van der Waals surface area contributed by atoms with Crippen LogP contribution in [0.5, 0.6) is 11.5 Å². The van der Waals surface area contributed by atoms with E-state index in [2.05, 4.69) is 13.8 Å². The number of rotatable bonds is 5. The van der Waals surface area contributed by atoms with Crippen LogP contribution in [-0.2, 0) is 0 Å². The van der Waals surface area contributed by atoms with Crippen molar-refractivity contribution in [3.05, 3.63) is 23.8 Å². The molecule has 3 nitrogen and oxygen atoms in total. The molecule has 0 fully saturated rings. The fraction of sp³-hybridized carbons (Fsp3) is 0.538. The van der Waals surface area contributed by atoms with E-state index < -0.39 is 6.10 Å². The molecule has 0 aliphatic rings. The van der Waals surface area contributed by atoms with Crippen molar-refractivity contribution in [1.82, 2.24) is 0 Å². The van der Waals surface area contributed by atoms with E-state index in [0.29, 0.717) is 17.4 Å². The summed E-state index contributed by atoms with van der Waals surface area (Å²) >= 11 is 0. The first-order valence-electron chi connectivity index (χ1n) is 5.47. The molecule has 1 atom stereocenters. The van der Waals surface area contributed by atoms with E-state index in [1.54, 1.807) is 20.3 Å². The van der Waals surface area contributed by atoms with E-state index in [0.717, 1.165) is 12.0 Å². The van der Waals surface area contributed by atoms with Crippen molar-refractivity contribution in [2.45, 2.75) is 26.4 Å². The minimum atomic E-state index is -0.469. The number of hydrogen-bond donors (Lipinski definition) is 1. The standard InChI is InChI=1S/C13H20O3/c1-9(2)5-13(14)10-6-11(15-3)8-12(7-10)16-4/h6-9,13-14H,5H2,1-4H3. The summed E-state index contributed by atoms with van der Waals surface area (Å²) in [4.78, 5) is 0. The molecule has 0 aliphatic carbocycles. The molecular weight excluding hydrogens is 204 g/mol. The number of hydrogen-bond acceptors (Lipinski definition) is 3. The molecule has 0 spiro atoms. The summed E-state index contributed by atoms with van der Waals surface area (Å²) in [5.74, 6) is 1.86. The second kappa shape index (κ2) is 5.75. The monoisotopic (exact) mass is 224 g/mol. The van der Waals surface area contributed by atoms with Crippen LogP contribution in [0, 0.1) is 5.92 Å². The maximum Gasteiger partial charge on any atom is 0.122 e. The van der Waals surface area contributed by atoms with Gasteiger partial charge in [0.1, 0.15) is 11.5 Å². The molecule has 1 N–H and O–H groups in total. The fourth-order valence-electron chi connectivity index (χ4n) is 1.60. The maximum atomic E-state index is 10.0. The van der Waals surface area contributed by atoms with Gasteiger partial charge in [-0.05, 0) is 30.0 Å². The highest BCUT2D eigenvalue weighted by Crippen LogP contribution is 2.29. The van der Waals surface area contributed by atoms with Crippen LogP contribution in [-0.4, -0.2) is 19.3 Å². The third-order valence-corrected chi connectivity index (χ3v) is 2.45. The van der Waals surface area contributed by atoms with Crippen LogP contribution in [0.3, 0.4) is 0 Å². The minimum Gasteiger partial charge on any atom is -0.497 e. The lowest BCUT2D eigenvalue weighted by molar-refractivity contribution is 0.150. The Morgan fingerprint density at radius 1 is 1.06 bits per heavy atom. The molecule has 90 valence electrons. The lowest BCUT2D eigenvalue weighted by atomic mass is 9.99. The van der Waals surface area contributed by atoms with Crippen molar-refractivity contribution in [1.29, 1.82) is 0 Å². The zero-order valence-corrected chi connectivity index (χ0v) is 10.4. The van der Waals surface area contributed by atoms with Crippen LogP contribution < -0.4 is 9.47 Å². The molecule has 1 aromatic carbocycles. The Hall–Kier alpha value is -1.22. The Balaban J connectivity index is 2.93. The topological polar surface area (TPSA) is 38.7 Å². The molecular formula is C13H20O3. The molecule has 1 rings (SSSR count). The van der Waals surface area contributed by atoms with Gasteiger partial charge in [0.15, 0.2) is 0 Å². The summed E-state index contributed by atoms with van der Waals surface area (Å²) in [6.45, 7) is 4.17. The average molecular weight is 224 g/mol. The zero-order chi connectivity index (χ0) is 12.1. The molecule has 0 aromatic heterocycles. The Bertz CT molecular complexity index is 312. The number of ether oxygens (including phenoxy) is 2. The van der Waals surface area contributed by atoms with E-state index in [4.69, 9.17) is 9.47 Å². The molecule has 1 aromatic rings. The Kier molecular flexibility index (Phi) is 4.62. The largest absolute Gasteiger partial charge is 0.497 e. The Morgan fingerprint density at radius 2 is 1.56 bits per heavy atom. The number of methoxy groups -OCH3 is 2. The van der Waals surface area contributed by atoms with Crippen molar-refractivity contribution >= 4 is 0 Å². The van der Waals surface area contributed by atoms with E-state index in [1.807, 2.05) is 12.1 Å². The van der Waals surface area contributed by atoms with Gasteiger partial charge in [0.2, 0.25) is 0 Å². The minimum absolute atomic E-state index is 0.451. The summed E-state index contributed by atoms with van der Waals surface area (Å²) in [6, 6.07) is 5.48. The van der Waals surface area contributed by atoms with Crippen molar-refractivity contribution in [2.75, 3.05) is 14.2 Å². The van der Waals surface area contributed by atoms with Crippen molar-refractivity contribution in [2.24, 2.45) is 5.92 Å². The normalized spacial score (nSPS) is 12.6. The van der Waals surface area contributed by atoms with Crippen LogP contribution in [0.25, 0.3) is 0 Å². The quantitative estimate of drug-likeness (QED) is 0.835. The first-order valence-corrected chi connectivity index (χ1v) is 5.47. The smallest absolute Gasteiger partial charge is 0.122 e. The van der Waals surface area contributed by atoms with Gasteiger partial charge in [-0.15, -0.1) is 0 Å². The lowest BCUT2D eigenvalue weighted by Crippen LogP contribution is -2.02. The fourth-order valence-corrected chi connectivity index (χ4v) is 1.60. The molecule has 1 unspecified atom stereocenters. The number of aliphatic hydroxyl groups excluding tert-OH is 1. The Morgan fingerprint density at radius 3 is 1.94 bits per heavy atom. The zero-order valence-electron chi connectivity index (χ0n) is 10.4. The van der Waals surface area contributed by atoms with Crippen LogP contribution in [0.15, 0.2) is 18.2 Å². The molecule has 0 radical (unpaired) electrons. The van der Waals surface area contributed by atoms with Crippen LogP contribution in [0.2, 0.25) is 0 Å². The predicted octanol–water partition coefficient (Wildman–Crippen LogP) is 2.78. The second-order valence-corrected chi connectivity index (χ2v) is 4.29. The van der Waals surface area contributed by atoms with E-state index in [1.165, 1.54) is 0 Å². The first-order chi connectivity index (χ1) is 7.56. The van der Waals surface area contributed by atoms with Gasteiger partial charge < -0.3 is 14.6 Å². The van der Waals surface area contributed by atoms with Crippen molar-refractivity contribution < 1.29 is 14.6 Å². The van der Waals surface area contributed by atoms with E-state index >= 15 is 0 Å². The van der Waals surface area contributed by atoms with E-state index in [9.17, 15) is 5.11 Å². The molecule has 0 saturated carbocycles. The highest BCUT2D eigenvalue weighted by Gasteiger charge is 2.12. The third kappa shape index (κ3) is 3.42. The van der Waals surface area contributed by atoms with Gasteiger partial charge >= 0.3 is 0 Å². The highest BCUT2D eigenvalue weighted by atomic mass is 16.5. The van der Waals surface area contributed by atoms with Gasteiger partial charge in [-0.25, -0.2) is 0 Å². The molecule has 0 aliphatic heterocycles. The summed E-state index contributed by atoms with van der Waals surface area (Å²) in [7, 11) is 3.21. The van der Waals surface area contributed by atoms with Crippen molar-refractivity contribution in [3.63, 3.8) is 0 Å². The second-order valence-electron chi connectivity index (χ2n) is 4.29. The molecule has 0 bridgehead atoms. The molecule has 0 amide bonds. The predicted molar refractivity (Wildman–Crippen MR) is 64.0 cm³/mol. The van der Waals surface area contributed by atoms with Crippen LogP contribution in [0.4, 0.5) is 0 Å². The number of benzene rings is 1. The molecule has 3 heteroatoms. The van der Waals surface area contributed by atoms with Gasteiger partial charge in [-0.2, -0.15) is 0 Å². The van der Waals surface area contributed by atoms with Crippen molar-refractivity contribution in [3.8, 4) is 11.5 Å². The molecule has 16 heavy (non-hydrogen) atoms. The van der Waals surface area contributed by atoms with Gasteiger partial charge in [0.25, 0.3) is 0 Å². The highest BCUT2D eigenvalue weighted by molar-refractivity contribution is 5.39. The third-order valence-electron chi connectivity index (χ3n) is 2.45. The lowest BCUT2D eigenvalue weighted by Gasteiger charge is -2.15. The first kappa shape index (κ1) is 12.8. The maximum absolute atomic E-state index is 10.0. The summed E-state index contributed by atoms with van der Waals surface area (Å²) in [5, 5.41) is 10.0. The Labute approximate surface area is 97.0 Å². The average Bonchev–Trinajstić information content (AvgIpc) is 2.27. The number of aliphatic hydroxyl groups is 1. The van der Waals surface area contributed by atoms with Crippen LogP contribution in [0.1, 0.15) is 31.9 Å². The van der Waals surface area contributed by atoms with Gasteiger partial charge in [-0.3, -0.25) is 0 Å². The summed E-state index contributed by atoms with van der Waals surface area (Å²) < 4.78 is 10.3. The summed E-state index contributed by atoms with van der Waals surface area (Å²) in [5.41, 5.74) is 0.838. The SMILES string of the molecule is COc1cc(OC)cc(C(O)CC(C)C)c1. The van der Waals surface area contributed by atoms with Crippen LogP contribution >= 0.6 is 0 Å². The van der Waals surface area contributed by atoms with Gasteiger partial charge in [0.05, 0.1) is 20.3 Å². The molecule has 0 saturated heterocycles. The molecule has 0 heterocycles. The van der Waals surface area contributed by atoms with Gasteiger partial charge in [-0.1, -0.05) is 13.8 Å². The van der Waals surface area contributed by atoms with Gasteiger partial charge in [0, 0.05) is 6.07 Å². The van der Waals surface area contributed by atoms with E-state index in [-0.39, 0.29) is 0 Å². The summed E-state index contributed by atoms with van der Waals surface area (Å²) in [6.07, 6.45) is 0.264.